The molecule has 0 saturated carbocycles. The van der Waals surface area contributed by atoms with Crippen molar-refractivity contribution >= 4 is 23.4 Å². The van der Waals surface area contributed by atoms with E-state index in [-0.39, 0.29) is 10.9 Å². The number of nitrogens with one attached hydrogen (secondary N) is 1. The zero-order valence-corrected chi connectivity index (χ0v) is 13.5. The van der Waals surface area contributed by atoms with Crippen LogP contribution in [-0.2, 0) is 0 Å². The van der Waals surface area contributed by atoms with Gasteiger partial charge in [-0.1, -0.05) is 39.5 Å². The van der Waals surface area contributed by atoms with Gasteiger partial charge in [-0.25, -0.2) is 4.98 Å². The van der Waals surface area contributed by atoms with Crippen molar-refractivity contribution in [2.24, 2.45) is 5.92 Å². The lowest BCUT2D eigenvalue weighted by Gasteiger charge is -2.15. The van der Waals surface area contributed by atoms with Gasteiger partial charge in [-0.2, -0.15) is 4.98 Å². The van der Waals surface area contributed by atoms with E-state index < -0.39 is 4.92 Å². The molecule has 7 heteroatoms. The maximum Gasteiger partial charge on any atom is 0.322 e. The van der Waals surface area contributed by atoms with Crippen molar-refractivity contribution in [3.05, 3.63) is 15.8 Å². The van der Waals surface area contributed by atoms with Crippen LogP contribution in [0.15, 0.2) is 5.03 Å². The predicted octanol–water partition coefficient (Wildman–Crippen LogP) is 3.65. The molecule has 0 aromatic carbocycles. The smallest absolute Gasteiger partial charge is 0.322 e. The fourth-order valence-corrected chi connectivity index (χ4v) is 2.56. The van der Waals surface area contributed by atoms with Crippen LogP contribution in [0.2, 0.25) is 0 Å². The molecule has 0 radical (unpaired) electrons. The Morgan fingerprint density at radius 3 is 2.50 bits per heavy atom. The van der Waals surface area contributed by atoms with Gasteiger partial charge in [0.1, 0.15) is 5.69 Å². The Morgan fingerprint density at radius 2 is 2.00 bits per heavy atom. The summed E-state index contributed by atoms with van der Waals surface area (Å²) in [6.07, 6.45) is 0.949. The van der Waals surface area contributed by atoms with Crippen LogP contribution in [0.25, 0.3) is 0 Å². The second-order valence-electron chi connectivity index (χ2n) is 5.04. The van der Waals surface area contributed by atoms with Gasteiger partial charge in [-0.05, 0) is 19.3 Å². The van der Waals surface area contributed by atoms with Crippen LogP contribution < -0.4 is 5.32 Å². The third kappa shape index (κ3) is 4.33. The van der Waals surface area contributed by atoms with Crippen LogP contribution >= 0.6 is 11.8 Å². The molecule has 1 heterocycles. The summed E-state index contributed by atoms with van der Waals surface area (Å²) in [5.74, 6) is 0.885. The summed E-state index contributed by atoms with van der Waals surface area (Å²) in [5.41, 5.74) is 0.423. The monoisotopic (exact) mass is 298 g/mol. The molecular weight excluding hydrogens is 276 g/mol. The summed E-state index contributed by atoms with van der Waals surface area (Å²) in [5, 5.41) is 15.0. The Morgan fingerprint density at radius 1 is 1.35 bits per heavy atom. The van der Waals surface area contributed by atoms with E-state index in [4.69, 9.17) is 0 Å². The first-order valence-corrected chi connectivity index (χ1v) is 7.68. The van der Waals surface area contributed by atoms with Crippen molar-refractivity contribution in [3.63, 3.8) is 0 Å². The van der Waals surface area contributed by atoms with E-state index in [1.54, 1.807) is 6.92 Å². The molecular formula is C13H22N4O2S. The molecule has 0 aliphatic rings. The molecule has 0 aliphatic heterocycles. The van der Waals surface area contributed by atoms with Crippen LogP contribution in [0.1, 0.15) is 39.8 Å². The van der Waals surface area contributed by atoms with Gasteiger partial charge < -0.3 is 5.32 Å². The first kappa shape index (κ1) is 16.7. The Kier molecular flexibility index (Phi) is 6.19. The van der Waals surface area contributed by atoms with Gasteiger partial charge in [0.2, 0.25) is 5.95 Å². The highest BCUT2D eigenvalue weighted by Crippen LogP contribution is 2.35. The van der Waals surface area contributed by atoms with Crippen molar-refractivity contribution in [3.8, 4) is 0 Å². The van der Waals surface area contributed by atoms with Crippen molar-refractivity contribution in [2.45, 2.75) is 51.3 Å². The molecule has 1 rings (SSSR count). The Labute approximate surface area is 123 Å². The Hall–Kier alpha value is -1.37. The second-order valence-corrected chi connectivity index (χ2v) is 6.40. The molecule has 6 nitrogen and oxygen atoms in total. The predicted molar refractivity (Wildman–Crippen MR) is 82.4 cm³/mol. The SMILES string of the molecule is CCCNc1nc(C)c([N+](=O)[O-])c(SC(C)C(C)C)n1. The summed E-state index contributed by atoms with van der Waals surface area (Å²) < 4.78 is 0. The Bertz CT molecular complexity index is 480. The average molecular weight is 298 g/mol. The van der Waals surface area contributed by atoms with E-state index in [1.165, 1.54) is 11.8 Å². The first-order valence-electron chi connectivity index (χ1n) is 6.80. The number of thioether (sulfide) groups is 1. The number of nitro groups is 1. The fourth-order valence-electron chi connectivity index (χ4n) is 1.46. The number of rotatable bonds is 7. The molecule has 112 valence electrons. The lowest BCUT2D eigenvalue weighted by Crippen LogP contribution is -2.11. The number of anilines is 1. The summed E-state index contributed by atoms with van der Waals surface area (Å²) in [6, 6.07) is 0. The number of hydrogen-bond donors (Lipinski definition) is 1. The van der Waals surface area contributed by atoms with Crippen LogP contribution in [0.5, 0.6) is 0 Å². The van der Waals surface area contributed by atoms with E-state index in [0.717, 1.165) is 13.0 Å². The topological polar surface area (TPSA) is 81.0 Å². The van der Waals surface area contributed by atoms with Crippen molar-refractivity contribution < 1.29 is 4.92 Å². The minimum Gasteiger partial charge on any atom is -0.354 e. The molecule has 1 N–H and O–H groups in total. The van der Waals surface area contributed by atoms with Gasteiger partial charge in [0.05, 0.1) is 4.92 Å². The minimum absolute atomic E-state index is 0.0181. The molecule has 0 aliphatic carbocycles. The number of aryl methyl sites for hydroxylation is 1. The zero-order valence-electron chi connectivity index (χ0n) is 12.6. The summed E-state index contributed by atoms with van der Waals surface area (Å²) in [7, 11) is 0. The van der Waals surface area contributed by atoms with Crippen LogP contribution in [0.3, 0.4) is 0 Å². The molecule has 1 aromatic heterocycles. The molecule has 0 saturated heterocycles. The van der Waals surface area contributed by atoms with Crippen LogP contribution in [0, 0.1) is 23.0 Å². The van der Waals surface area contributed by atoms with Gasteiger partial charge in [0.15, 0.2) is 5.03 Å². The van der Waals surface area contributed by atoms with Crippen molar-refractivity contribution in [1.29, 1.82) is 0 Å². The van der Waals surface area contributed by atoms with Crippen LogP contribution in [-0.4, -0.2) is 26.7 Å². The van der Waals surface area contributed by atoms with E-state index in [2.05, 4.69) is 36.1 Å². The summed E-state index contributed by atoms with van der Waals surface area (Å²) in [6.45, 7) is 10.7. The highest BCUT2D eigenvalue weighted by Gasteiger charge is 2.24. The summed E-state index contributed by atoms with van der Waals surface area (Å²) >= 11 is 1.44. The van der Waals surface area contributed by atoms with E-state index in [9.17, 15) is 10.1 Å². The molecule has 20 heavy (non-hydrogen) atoms. The number of nitrogens with zero attached hydrogens (tertiary/aromatic N) is 3. The lowest BCUT2D eigenvalue weighted by molar-refractivity contribution is -0.389. The lowest BCUT2D eigenvalue weighted by atomic mass is 10.2. The quantitative estimate of drug-likeness (QED) is 0.358. The van der Waals surface area contributed by atoms with Gasteiger partial charge in [0.25, 0.3) is 0 Å². The first-order chi connectivity index (χ1) is 9.36. The molecule has 0 spiro atoms. The van der Waals surface area contributed by atoms with Gasteiger partial charge >= 0.3 is 5.69 Å². The normalized spacial score (nSPS) is 12.5. The number of aromatic nitrogens is 2. The van der Waals surface area contributed by atoms with E-state index in [0.29, 0.717) is 22.6 Å². The van der Waals surface area contributed by atoms with Gasteiger partial charge in [-0.3, -0.25) is 10.1 Å². The highest BCUT2D eigenvalue weighted by molar-refractivity contribution is 8.00. The second kappa shape index (κ2) is 7.42. The fraction of sp³-hybridized carbons (Fsp3) is 0.692. The van der Waals surface area contributed by atoms with Gasteiger partial charge in [0, 0.05) is 11.8 Å². The average Bonchev–Trinajstić information content (AvgIpc) is 2.35. The summed E-state index contributed by atoms with van der Waals surface area (Å²) in [4.78, 5) is 19.3. The highest BCUT2D eigenvalue weighted by atomic mass is 32.2. The van der Waals surface area contributed by atoms with E-state index in [1.807, 2.05) is 6.92 Å². The van der Waals surface area contributed by atoms with Crippen LogP contribution in [0.4, 0.5) is 11.6 Å². The number of hydrogen-bond acceptors (Lipinski definition) is 6. The van der Waals surface area contributed by atoms with E-state index >= 15 is 0 Å². The largest absolute Gasteiger partial charge is 0.354 e. The van der Waals surface area contributed by atoms with Crippen molar-refractivity contribution in [2.75, 3.05) is 11.9 Å². The molecule has 0 amide bonds. The molecule has 0 fully saturated rings. The van der Waals surface area contributed by atoms with Crippen molar-refractivity contribution in [1.82, 2.24) is 9.97 Å². The molecule has 1 aromatic rings. The standard InChI is InChI=1S/C13H22N4O2S/c1-6-7-14-13-15-9(4)11(17(18)19)12(16-13)20-10(5)8(2)3/h8,10H,6-7H2,1-5H3,(H,14,15,16). The maximum atomic E-state index is 11.2. The molecule has 1 unspecified atom stereocenters. The molecule has 1 atom stereocenters. The Balaban J connectivity index is 3.14. The zero-order chi connectivity index (χ0) is 15.3. The third-order valence-electron chi connectivity index (χ3n) is 2.98. The molecule has 0 bridgehead atoms. The van der Waals surface area contributed by atoms with Gasteiger partial charge in [-0.15, -0.1) is 0 Å². The minimum atomic E-state index is -0.395. The maximum absolute atomic E-state index is 11.2. The third-order valence-corrected chi connectivity index (χ3v) is 4.40.